The molecule has 1 aliphatic heterocycles. The van der Waals surface area contributed by atoms with Crippen molar-refractivity contribution >= 4 is 12.1 Å². The van der Waals surface area contributed by atoms with Gasteiger partial charge in [-0.25, -0.2) is 9.59 Å². The Bertz CT molecular complexity index is 493. The van der Waals surface area contributed by atoms with E-state index in [0.717, 1.165) is 18.4 Å². The summed E-state index contributed by atoms with van der Waals surface area (Å²) in [6.45, 7) is 1.86. The quantitative estimate of drug-likeness (QED) is 0.826. The van der Waals surface area contributed by atoms with Gasteiger partial charge < -0.3 is 20.1 Å². The minimum atomic E-state index is -0.841. The highest BCUT2D eigenvalue weighted by Gasteiger charge is 2.21. The van der Waals surface area contributed by atoms with Crippen LogP contribution in [0.1, 0.15) is 28.8 Å². The second-order valence-electron chi connectivity index (χ2n) is 5.11. The van der Waals surface area contributed by atoms with E-state index in [0.29, 0.717) is 31.2 Å². The Hall–Kier alpha value is -2.08. The molecule has 114 valence electrons. The lowest BCUT2D eigenvalue weighted by Crippen LogP contribution is -2.44. The molecule has 1 heterocycles. The number of likely N-dealkylation sites (tertiary alicyclic amines) is 1. The number of benzene rings is 1. The van der Waals surface area contributed by atoms with Gasteiger partial charge in [0.15, 0.2) is 0 Å². The van der Waals surface area contributed by atoms with Crippen molar-refractivity contribution in [3.05, 3.63) is 35.4 Å². The Morgan fingerprint density at radius 2 is 1.90 bits per heavy atom. The van der Waals surface area contributed by atoms with Crippen LogP contribution >= 0.6 is 0 Å². The summed E-state index contributed by atoms with van der Waals surface area (Å²) in [6, 6.07) is 7.61. The maximum absolute atomic E-state index is 11.3. The standard InChI is InChI=1S/C15H20N2O4/c1-21-14(18)12-4-2-11(3-5-12)10-16-13-6-8-17(9-7-13)15(19)20/h2-5,13,16H,6-10H2,1H3,(H,19,20). The summed E-state index contributed by atoms with van der Waals surface area (Å²) in [5, 5.41) is 12.3. The molecular weight excluding hydrogens is 272 g/mol. The van der Waals surface area contributed by atoms with E-state index in [-0.39, 0.29) is 5.97 Å². The fraction of sp³-hybridized carbons (Fsp3) is 0.467. The van der Waals surface area contributed by atoms with Crippen LogP contribution in [-0.4, -0.2) is 48.3 Å². The summed E-state index contributed by atoms with van der Waals surface area (Å²) in [6.07, 6.45) is 0.811. The van der Waals surface area contributed by atoms with Gasteiger partial charge in [-0.3, -0.25) is 0 Å². The molecule has 1 fully saturated rings. The van der Waals surface area contributed by atoms with Gasteiger partial charge in [0.05, 0.1) is 12.7 Å². The van der Waals surface area contributed by atoms with Crippen molar-refractivity contribution in [2.45, 2.75) is 25.4 Å². The Morgan fingerprint density at radius 1 is 1.29 bits per heavy atom. The summed E-state index contributed by atoms with van der Waals surface area (Å²) in [7, 11) is 1.36. The molecule has 0 bridgehead atoms. The molecule has 1 saturated heterocycles. The molecule has 2 rings (SSSR count). The number of carbonyl (C=O) groups excluding carboxylic acids is 1. The zero-order valence-corrected chi connectivity index (χ0v) is 12.0. The molecule has 21 heavy (non-hydrogen) atoms. The van der Waals surface area contributed by atoms with Crippen LogP contribution in [0.25, 0.3) is 0 Å². The van der Waals surface area contributed by atoms with Crippen molar-refractivity contribution < 1.29 is 19.4 Å². The number of rotatable bonds is 4. The highest BCUT2D eigenvalue weighted by atomic mass is 16.5. The van der Waals surface area contributed by atoms with Crippen molar-refractivity contribution in [3.63, 3.8) is 0 Å². The smallest absolute Gasteiger partial charge is 0.407 e. The van der Waals surface area contributed by atoms with E-state index in [1.54, 1.807) is 12.1 Å². The van der Waals surface area contributed by atoms with Crippen molar-refractivity contribution in [2.75, 3.05) is 20.2 Å². The molecule has 0 spiro atoms. The van der Waals surface area contributed by atoms with Crippen LogP contribution < -0.4 is 5.32 Å². The molecule has 0 unspecified atom stereocenters. The van der Waals surface area contributed by atoms with Crippen LogP contribution in [0.5, 0.6) is 0 Å². The van der Waals surface area contributed by atoms with Gasteiger partial charge in [0, 0.05) is 25.7 Å². The Labute approximate surface area is 123 Å². The van der Waals surface area contributed by atoms with Gasteiger partial charge in [-0.15, -0.1) is 0 Å². The van der Waals surface area contributed by atoms with E-state index in [2.05, 4.69) is 10.1 Å². The maximum Gasteiger partial charge on any atom is 0.407 e. The zero-order valence-electron chi connectivity index (χ0n) is 12.0. The molecule has 0 saturated carbocycles. The van der Waals surface area contributed by atoms with E-state index in [9.17, 15) is 9.59 Å². The van der Waals surface area contributed by atoms with Crippen molar-refractivity contribution in [1.82, 2.24) is 10.2 Å². The van der Waals surface area contributed by atoms with Crippen LogP contribution in [0.3, 0.4) is 0 Å². The first kappa shape index (κ1) is 15.3. The minimum Gasteiger partial charge on any atom is -0.465 e. The predicted molar refractivity (Wildman–Crippen MR) is 77.2 cm³/mol. The molecule has 2 N–H and O–H groups in total. The van der Waals surface area contributed by atoms with Gasteiger partial charge in [-0.1, -0.05) is 12.1 Å². The Kier molecular flexibility index (Phi) is 5.16. The molecule has 0 aromatic heterocycles. The van der Waals surface area contributed by atoms with Gasteiger partial charge in [-0.2, -0.15) is 0 Å². The number of carbonyl (C=O) groups is 2. The Balaban J connectivity index is 1.79. The Morgan fingerprint density at radius 3 is 2.43 bits per heavy atom. The fourth-order valence-electron chi connectivity index (χ4n) is 2.41. The molecule has 0 atom stereocenters. The second-order valence-corrected chi connectivity index (χ2v) is 5.11. The van der Waals surface area contributed by atoms with Gasteiger partial charge in [0.25, 0.3) is 0 Å². The van der Waals surface area contributed by atoms with Crippen molar-refractivity contribution in [1.29, 1.82) is 0 Å². The molecule has 1 amide bonds. The molecule has 6 nitrogen and oxygen atoms in total. The molecule has 0 radical (unpaired) electrons. The lowest BCUT2D eigenvalue weighted by molar-refractivity contribution is 0.0600. The number of nitrogens with zero attached hydrogens (tertiary/aromatic N) is 1. The van der Waals surface area contributed by atoms with Crippen LogP contribution in [0.2, 0.25) is 0 Å². The number of methoxy groups -OCH3 is 1. The number of piperidine rings is 1. The molecule has 6 heteroatoms. The first-order chi connectivity index (χ1) is 10.1. The third-order valence-corrected chi connectivity index (χ3v) is 3.74. The van der Waals surface area contributed by atoms with Gasteiger partial charge in [0.2, 0.25) is 0 Å². The highest BCUT2D eigenvalue weighted by molar-refractivity contribution is 5.89. The number of nitrogens with one attached hydrogen (secondary N) is 1. The molecule has 1 aliphatic rings. The number of amides is 1. The third-order valence-electron chi connectivity index (χ3n) is 3.74. The van der Waals surface area contributed by atoms with E-state index in [1.807, 2.05) is 12.1 Å². The minimum absolute atomic E-state index is 0.334. The maximum atomic E-state index is 11.3. The van der Waals surface area contributed by atoms with Crippen LogP contribution in [-0.2, 0) is 11.3 Å². The summed E-state index contributed by atoms with van der Waals surface area (Å²) < 4.78 is 4.65. The number of hydrogen-bond donors (Lipinski definition) is 2. The van der Waals surface area contributed by atoms with Crippen LogP contribution in [0.15, 0.2) is 24.3 Å². The van der Waals surface area contributed by atoms with Gasteiger partial charge in [0.1, 0.15) is 0 Å². The highest BCUT2D eigenvalue weighted by Crippen LogP contribution is 2.12. The summed E-state index contributed by atoms with van der Waals surface area (Å²) in [4.78, 5) is 23.6. The average Bonchev–Trinajstić information content (AvgIpc) is 2.53. The van der Waals surface area contributed by atoms with Gasteiger partial charge in [-0.05, 0) is 30.5 Å². The number of carboxylic acid groups (broad SMARTS) is 1. The fourth-order valence-corrected chi connectivity index (χ4v) is 2.41. The molecule has 0 aliphatic carbocycles. The van der Waals surface area contributed by atoms with E-state index >= 15 is 0 Å². The van der Waals surface area contributed by atoms with Gasteiger partial charge >= 0.3 is 12.1 Å². The zero-order chi connectivity index (χ0) is 15.2. The van der Waals surface area contributed by atoms with Crippen molar-refractivity contribution in [3.8, 4) is 0 Å². The molecular formula is C15H20N2O4. The van der Waals surface area contributed by atoms with Crippen molar-refractivity contribution in [2.24, 2.45) is 0 Å². The van der Waals surface area contributed by atoms with E-state index in [1.165, 1.54) is 12.0 Å². The third kappa shape index (κ3) is 4.19. The normalized spacial score (nSPS) is 15.8. The lowest BCUT2D eigenvalue weighted by atomic mass is 10.0. The average molecular weight is 292 g/mol. The first-order valence-corrected chi connectivity index (χ1v) is 6.98. The number of esters is 1. The summed E-state index contributed by atoms with van der Waals surface area (Å²) in [5.41, 5.74) is 1.62. The molecule has 1 aromatic carbocycles. The van der Waals surface area contributed by atoms with Crippen LogP contribution in [0, 0.1) is 0 Å². The van der Waals surface area contributed by atoms with E-state index < -0.39 is 6.09 Å². The lowest BCUT2D eigenvalue weighted by Gasteiger charge is -2.30. The number of ether oxygens (including phenoxy) is 1. The second kappa shape index (κ2) is 7.08. The largest absolute Gasteiger partial charge is 0.465 e. The van der Waals surface area contributed by atoms with E-state index in [4.69, 9.17) is 5.11 Å². The molecule has 1 aromatic rings. The van der Waals surface area contributed by atoms with Crippen LogP contribution in [0.4, 0.5) is 4.79 Å². The monoisotopic (exact) mass is 292 g/mol. The first-order valence-electron chi connectivity index (χ1n) is 6.98. The topological polar surface area (TPSA) is 78.9 Å². The summed E-state index contributed by atoms with van der Waals surface area (Å²) in [5.74, 6) is -0.337. The SMILES string of the molecule is COC(=O)c1ccc(CNC2CCN(C(=O)O)CC2)cc1. The number of hydrogen-bond acceptors (Lipinski definition) is 4. The summed E-state index contributed by atoms with van der Waals surface area (Å²) >= 11 is 0. The predicted octanol–water partition coefficient (Wildman–Crippen LogP) is 1.71.